The molecule has 50 valence electrons. The Bertz CT molecular complexity index is 47.3. The lowest BCUT2D eigenvalue weighted by Gasteiger charge is -1.84. The molecule has 0 aliphatic carbocycles. The summed E-state index contributed by atoms with van der Waals surface area (Å²) >= 11 is 4.24. The maximum atomic E-state index is 4.82. The van der Waals surface area contributed by atoms with Crippen molar-refractivity contribution in [3.05, 3.63) is 0 Å². The zero-order valence-electron chi connectivity index (χ0n) is 4.56. The van der Waals surface area contributed by atoms with Gasteiger partial charge in [0.1, 0.15) is 6.10 Å². The van der Waals surface area contributed by atoms with Crippen molar-refractivity contribution < 1.29 is 9.47 Å². The van der Waals surface area contributed by atoms with Crippen LogP contribution in [0.4, 0.5) is 0 Å². The lowest BCUT2D eigenvalue weighted by atomic mass is 10.5. The lowest BCUT2D eigenvalue weighted by molar-refractivity contribution is 0.171. The Morgan fingerprint density at radius 2 is 2.25 bits per heavy atom. The Labute approximate surface area is 72.6 Å². The van der Waals surface area contributed by atoms with Crippen molar-refractivity contribution in [1.82, 2.24) is 0 Å². The standard InChI is InChI=1S/C4H8O2.I2/c1-5-2-4-3-6-4;1-2/h4H,2-3H2,1H3;. The molecule has 0 radical (unpaired) electrons. The van der Waals surface area contributed by atoms with Gasteiger partial charge >= 0.3 is 0 Å². The van der Waals surface area contributed by atoms with Crippen LogP contribution in [0.2, 0.25) is 0 Å². The number of ether oxygens (including phenoxy) is 2. The predicted molar refractivity (Wildman–Crippen MR) is 49.7 cm³/mol. The van der Waals surface area contributed by atoms with Crippen molar-refractivity contribution in [2.75, 3.05) is 20.3 Å². The van der Waals surface area contributed by atoms with Crippen LogP contribution < -0.4 is 0 Å². The first-order valence-corrected chi connectivity index (χ1v) is 8.47. The summed E-state index contributed by atoms with van der Waals surface area (Å²) in [6.07, 6.45) is 0.426. The van der Waals surface area contributed by atoms with Gasteiger partial charge in [0.05, 0.1) is 13.2 Å². The molecule has 0 bridgehead atoms. The summed E-state index contributed by atoms with van der Waals surface area (Å²) in [6, 6.07) is 0. The molecule has 1 heterocycles. The van der Waals surface area contributed by atoms with Gasteiger partial charge in [0.15, 0.2) is 0 Å². The minimum absolute atomic E-state index is 0.426. The van der Waals surface area contributed by atoms with Crippen LogP contribution >= 0.6 is 37.2 Å². The van der Waals surface area contributed by atoms with Gasteiger partial charge in [-0.3, -0.25) is 0 Å². The van der Waals surface area contributed by atoms with Crippen LogP contribution in [0.3, 0.4) is 0 Å². The van der Waals surface area contributed by atoms with Crippen LogP contribution in [0.15, 0.2) is 0 Å². The van der Waals surface area contributed by atoms with Crippen LogP contribution in [0, 0.1) is 0 Å². The summed E-state index contributed by atoms with van der Waals surface area (Å²) in [4.78, 5) is 0. The van der Waals surface area contributed by atoms with E-state index in [1.165, 1.54) is 0 Å². The molecule has 2 nitrogen and oxygen atoms in total. The molecule has 0 amide bonds. The van der Waals surface area contributed by atoms with E-state index in [4.69, 9.17) is 9.47 Å². The molecule has 1 aliphatic heterocycles. The van der Waals surface area contributed by atoms with Gasteiger partial charge in [-0.25, -0.2) is 0 Å². The molecule has 0 aromatic carbocycles. The third kappa shape index (κ3) is 5.52. The highest BCUT2D eigenvalue weighted by Crippen LogP contribution is 2.06. The van der Waals surface area contributed by atoms with E-state index in [0.29, 0.717) is 6.10 Å². The number of hydrogen-bond donors (Lipinski definition) is 0. The highest BCUT2D eigenvalue weighted by Gasteiger charge is 2.21. The average molecular weight is 342 g/mol. The van der Waals surface area contributed by atoms with Gasteiger partial charge in [-0.2, -0.15) is 0 Å². The van der Waals surface area contributed by atoms with E-state index in [2.05, 4.69) is 37.2 Å². The lowest BCUT2D eigenvalue weighted by Crippen LogP contribution is -1.94. The molecule has 1 atom stereocenters. The third-order valence-corrected chi connectivity index (χ3v) is 0.755. The number of epoxide rings is 1. The Kier molecular flexibility index (Phi) is 7.62. The van der Waals surface area contributed by atoms with E-state index >= 15 is 0 Å². The van der Waals surface area contributed by atoms with Crippen molar-refractivity contribution in [3.63, 3.8) is 0 Å². The molecule has 8 heavy (non-hydrogen) atoms. The van der Waals surface area contributed by atoms with Crippen molar-refractivity contribution >= 4 is 37.2 Å². The summed E-state index contributed by atoms with van der Waals surface area (Å²) in [5.74, 6) is 0. The van der Waals surface area contributed by atoms with E-state index in [1.54, 1.807) is 7.11 Å². The van der Waals surface area contributed by atoms with Gasteiger partial charge in [-0.1, -0.05) is 0 Å². The quantitative estimate of drug-likeness (QED) is 0.564. The second-order valence-electron chi connectivity index (χ2n) is 1.41. The first kappa shape index (κ1) is 9.38. The fourth-order valence-electron chi connectivity index (χ4n) is 0.350. The van der Waals surface area contributed by atoms with Crippen molar-refractivity contribution in [2.24, 2.45) is 0 Å². The van der Waals surface area contributed by atoms with E-state index in [-0.39, 0.29) is 0 Å². The van der Waals surface area contributed by atoms with Crippen LogP contribution in [-0.2, 0) is 9.47 Å². The normalized spacial score (nSPS) is 23.6. The van der Waals surface area contributed by atoms with Gasteiger partial charge in [0, 0.05) is 44.3 Å². The molecule has 1 saturated heterocycles. The average Bonchev–Trinajstić information content (AvgIpc) is 2.57. The van der Waals surface area contributed by atoms with Gasteiger partial charge in [0.25, 0.3) is 0 Å². The fraction of sp³-hybridized carbons (Fsp3) is 1.00. The Morgan fingerprint density at radius 3 is 2.38 bits per heavy atom. The van der Waals surface area contributed by atoms with Gasteiger partial charge < -0.3 is 9.47 Å². The molecule has 0 N–H and O–H groups in total. The maximum absolute atomic E-state index is 4.82. The molecular weight excluding hydrogens is 334 g/mol. The second kappa shape index (κ2) is 6.50. The molecule has 4 heteroatoms. The van der Waals surface area contributed by atoms with Crippen LogP contribution in [0.1, 0.15) is 0 Å². The van der Waals surface area contributed by atoms with Gasteiger partial charge in [0.2, 0.25) is 0 Å². The minimum Gasteiger partial charge on any atom is -0.382 e. The summed E-state index contributed by atoms with van der Waals surface area (Å²) in [7, 11) is 1.68. The van der Waals surface area contributed by atoms with E-state index in [9.17, 15) is 0 Å². The minimum atomic E-state index is 0.426. The molecule has 1 rings (SSSR count). The Hall–Kier alpha value is 1.38. The molecular formula is C4H8I2O2. The topological polar surface area (TPSA) is 21.8 Å². The first-order valence-electron chi connectivity index (χ1n) is 2.18. The Balaban J connectivity index is 0.000000222. The first-order chi connectivity index (χ1) is 3.93. The highest BCUT2D eigenvalue weighted by molar-refractivity contribution is 15.0. The summed E-state index contributed by atoms with van der Waals surface area (Å²) in [5.41, 5.74) is 0. The van der Waals surface area contributed by atoms with Gasteiger partial charge in [-0.05, 0) is 0 Å². The number of hydrogen-bond acceptors (Lipinski definition) is 2. The number of methoxy groups -OCH3 is 1. The number of rotatable bonds is 2. The van der Waals surface area contributed by atoms with Crippen molar-refractivity contribution in [3.8, 4) is 0 Å². The smallest absolute Gasteiger partial charge is 0.104 e. The second-order valence-corrected chi connectivity index (χ2v) is 1.41. The summed E-state index contributed by atoms with van der Waals surface area (Å²) < 4.78 is 9.56. The fourth-order valence-corrected chi connectivity index (χ4v) is 0.350. The molecule has 0 spiro atoms. The Morgan fingerprint density at radius 1 is 1.75 bits per heavy atom. The van der Waals surface area contributed by atoms with E-state index in [1.807, 2.05) is 0 Å². The predicted octanol–water partition coefficient (Wildman–Crippen LogP) is 1.80. The third-order valence-electron chi connectivity index (χ3n) is 0.755. The van der Waals surface area contributed by atoms with Crippen LogP contribution in [-0.4, -0.2) is 26.4 Å². The molecule has 0 saturated carbocycles. The SMILES string of the molecule is COCC1CO1.II. The maximum Gasteiger partial charge on any atom is 0.104 e. The zero-order chi connectivity index (χ0) is 6.41. The summed E-state index contributed by atoms with van der Waals surface area (Å²) in [5, 5.41) is 0. The monoisotopic (exact) mass is 342 g/mol. The largest absolute Gasteiger partial charge is 0.382 e. The van der Waals surface area contributed by atoms with Crippen LogP contribution in [0.5, 0.6) is 0 Å². The van der Waals surface area contributed by atoms with Gasteiger partial charge in [-0.15, -0.1) is 0 Å². The molecule has 0 aromatic rings. The zero-order valence-corrected chi connectivity index (χ0v) is 8.88. The summed E-state index contributed by atoms with van der Waals surface area (Å²) in [6.45, 7) is 1.66. The van der Waals surface area contributed by atoms with Crippen molar-refractivity contribution in [2.45, 2.75) is 6.10 Å². The van der Waals surface area contributed by atoms with E-state index < -0.39 is 0 Å². The number of halogens is 2. The molecule has 0 aromatic heterocycles. The van der Waals surface area contributed by atoms with E-state index in [0.717, 1.165) is 13.2 Å². The highest BCUT2D eigenvalue weighted by atomic mass is 128. The molecule has 1 unspecified atom stereocenters. The van der Waals surface area contributed by atoms with Crippen molar-refractivity contribution in [1.29, 1.82) is 0 Å². The molecule has 1 aliphatic rings. The molecule has 1 fully saturated rings. The van der Waals surface area contributed by atoms with Crippen LogP contribution in [0.25, 0.3) is 0 Å².